The first-order valence-electron chi connectivity index (χ1n) is 11.1. The highest BCUT2D eigenvalue weighted by atomic mass is 35.5. The monoisotopic (exact) mass is 513 g/mol. The molecule has 0 aromatic heterocycles. The minimum absolute atomic E-state index is 0.157. The van der Waals surface area contributed by atoms with Crippen molar-refractivity contribution in [3.05, 3.63) is 93.0 Å². The van der Waals surface area contributed by atoms with E-state index in [9.17, 15) is 4.79 Å². The van der Waals surface area contributed by atoms with Crippen molar-refractivity contribution >= 4 is 35.2 Å². The van der Waals surface area contributed by atoms with Crippen LogP contribution in [0.15, 0.2) is 66.2 Å². The van der Waals surface area contributed by atoms with E-state index >= 15 is 0 Å². The molecule has 0 atom stereocenters. The number of benzene rings is 3. The molecule has 0 aliphatic carbocycles. The lowest BCUT2D eigenvalue weighted by Crippen LogP contribution is -2.34. The Morgan fingerprint density at radius 2 is 1.57 bits per heavy atom. The third kappa shape index (κ3) is 6.93. The third-order valence-corrected chi connectivity index (χ3v) is 6.10. The Kier molecular flexibility index (Phi) is 9.47. The molecule has 3 aromatic rings. The van der Waals surface area contributed by atoms with E-state index in [0.717, 1.165) is 16.7 Å². The van der Waals surface area contributed by atoms with Gasteiger partial charge in [-0.1, -0.05) is 71.2 Å². The second kappa shape index (κ2) is 12.5. The van der Waals surface area contributed by atoms with Crippen molar-refractivity contribution in [3.63, 3.8) is 0 Å². The van der Waals surface area contributed by atoms with E-state index in [4.69, 9.17) is 37.4 Å². The second-order valence-electron chi connectivity index (χ2n) is 8.03. The van der Waals surface area contributed by atoms with Crippen LogP contribution < -0.4 is 14.2 Å². The molecule has 3 aromatic carbocycles. The van der Waals surface area contributed by atoms with Crippen LogP contribution in [0.5, 0.6) is 17.2 Å². The van der Waals surface area contributed by atoms with E-state index in [-0.39, 0.29) is 5.91 Å². The summed E-state index contributed by atoms with van der Waals surface area (Å²) in [5, 5.41) is 1.15. The molecule has 0 heterocycles. The maximum atomic E-state index is 13.7. The Balaban J connectivity index is 1.93. The summed E-state index contributed by atoms with van der Waals surface area (Å²) in [7, 11) is 4.58. The molecule has 0 radical (unpaired) electrons. The van der Waals surface area contributed by atoms with Crippen molar-refractivity contribution in [2.75, 3.05) is 34.4 Å². The van der Waals surface area contributed by atoms with Crippen molar-refractivity contribution in [3.8, 4) is 17.2 Å². The summed E-state index contributed by atoms with van der Waals surface area (Å²) in [4.78, 5) is 15.5. The average molecular weight is 514 g/mol. The molecule has 1 amide bonds. The van der Waals surface area contributed by atoms with Crippen LogP contribution in [0.4, 0.5) is 0 Å². The van der Waals surface area contributed by atoms with E-state index in [0.29, 0.717) is 52.4 Å². The van der Waals surface area contributed by atoms with Gasteiger partial charge in [0.2, 0.25) is 5.75 Å². The van der Waals surface area contributed by atoms with Crippen molar-refractivity contribution in [2.24, 2.45) is 0 Å². The molecule has 3 rings (SSSR count). The Morgan fingerprint density at radius 3 is 2.14 bits per heavy atom. The molecule has 0 N–H and O–H groups in total. The van der Waals surface area contributed by atoms with Gasteiger partial charge < -0.3 is 19.1 Å². The van der Waals surface area contributed by atoms with E-state index in [1.54, 1.807) is 29.2 Å². The van der Waals surface area contributed by atoms with Crippen LogP contribution in [0.3, 0.4) is 0 Å². The van der Waals surface area contributed by atoms with Crippen LogP contribution in [-0.2, 0) is 6.42 Å². The standard InChI is InChI=1S/C28H29Cl2NO4/c1-19(14-20-8-6-5-7-9-20)18-31(13-12-21-10-11-23(29)17-24(21)30)28(32)22-15-25(33-2)27(35-4)26(16-22)34-3/h5-11,14-17H,12-13,18H2,1-4H3/b19-14+. The number of carbonyl (C=O) groups is 1. The summed E-state index contributed by atoms with van der Waals surface area (Å²) in [6, 6.07) is 18.7. The van der Waals surface area contributed by atoms with Crippen LogP contribution >= 0.6 is 23.2 Å². The summed E-state index contributed by atoms with van der Waals surface area (Å²) < 4.78 is 16.3. The number of hydrogen-bond acceptors (Lipinski definition) is 4. The van der Waals surface area contributed by atoms with E-state index in [2.05, 4.69) is 6.08 Å². The molecule has 184 valence electrons. The van der Waals surface area contributed by atoms with Crippen molar-refractivity contribution in [2.45, 2.75) is 13.3 Å². The van der Waals surface area contributed by atoms with Crippen LogP contribution in [0.2, 0.25) is 10.0 Å². The molecule has 0 unspecified atom stereocenters. The first-order chi connectivity index (χ1) is 16.9. The fourth-order valence-electron chi connectivity index (χ4n) is 3.80. The van der Waals surface area contributed by atoms with E-state index in [1.807, 2.05) is 43.3 Å². The third-order valence-electron chi connectivity index (χ3n) is 5.52. The largest absolute Gasteiger partial charge is 0.493 e. The Morgan fingerprint density at radius 1 is 0.914 bits per heavy atom. The van der Waals surface area contributed by atoms with Gasteiger partial charge in [0.15, 0.2) is 11.5 Å². The maximum Gasteiger partial charge on any atom is 0.254 e. The Labute approximate surface area is 216 Å². The lowest BCUT2D eigenvalue weighted by atomic mass is 10.1. The lowest BCUT2D eigenvalue weighted by molar-refractivity contribution is 0.0771. The van der Waals surface area contributed by atoms with E-state index in [1.165, 1.54) is 21.3 Å². The molecular formula is C28H29Cl2NO4. The number of carbonyl (C=O) groups excluding carboxylic acids is 1. The van der Waals surface area contributed by atoms with Crippen molar-refractivity contribution < 1.29 is 19.0 Å². The number of methoxy groups -OCH3 is 3. The smallest absolute Gasteiger partial charge is 0.254 e. The van der Waals surface area contributed by atoms with Crippen LogP contribution in [-0.4, -0.2) is 45.2 Å². The normalized spacial score (nSPS) is 11.2. The summed E-state index contributed by atoms with van der Waals surface area (Å²) in [6.45, 7) is 2.91. The van der Waals surface area contributed by atoms with Crippen molar-refractivity contribution in [1.29, 1.82) is 0 Å². The SMILES string of the molecule is COc1cc(C(=O)N(CCc2ccc(Cl)cc2Cl)C/C(C)=C/c2ccccc2)cc(OC)c1OC. The number of ether oxygens (including phenoxy) is 3. The zero-order chi connectivity index (χ0) is 25.4. The minimum atomic E-state index is -0.157. The van der Waals surface area contributed by atoms with E-state index < -0.39 is 0 Å². The summed E-state index contributed by atoms with van der Waals surface area (Å²) in [5.74, 6) is 1.13. The highest BCUT2D eigenvalue weighted by Gasteiger charge is 2.22. The number of rotatable bonds is 10. The number of amides is 1. The fourth-order valence-corrected chi connectivity index (χ4v) is 4.30. The first kappa shape index (κ1) is 26.5. The zero-order valence-corrected chi connectivity index (χ0v) is 21.8. The Bertz CT molecular complexity index is 1170. The van der Waals surface area contributed by atoms with Crippen LogP contribution in [0.1, 0.15) is 28.4 Å². The van der Waals surface area contributed by atoms with Gasteiger partial charge in [-0.25, -0.2) is 0 Å². The van der Waals surface area contributed by atoms with Gasteiger partial charge in [-0.3, -0.25) is 4.79 Å². The van der Waals surface area contributed by atoms with Gasteiger partial charge in [0.25, 0.3) is 5.91 Å². The molecule has 7 heteroatoms. The molecule has 35 heavy (non-hydrogen) atoms. The molecule has 0 fully saturated rings. The lowest BCUT2D eigenvalue weighted by Gasteiger charge is -2.24. The highest BCUT2D eigenvalue weighted by molar-refractivity contribution is 6.35. The highest BCUT2D eigenvalue weighted by Crippen LogP contribution is 2.38. The number of halogens is 2. The first-order valence-corrected chi connectivity index (χ1v) is 11.9. The summed E-state index contributed by atoms with van der Waals surface area (Å²) in [6.07, 6.45) is 2.65. The van der Waals surface area contributed by atoms with Gasteiger partial charge in [0.05, 0.1) is 21.3 Å². The predicted octanol–water partition coefficient (Wildman–Crippen LogP) is 6.81. The predicted molar refractivity (Wildman–Crippen MR) is 142 cm³/mol. The number of nitrogens with zero attached hydrogens (tertiary/aromatic N) is 1. The van der Waals surface area contributed by atoms with Gasteiger partial charge in [-0.2, -0.15) is 0 Å². The van der Waals surface area contributed by atoms with Gasteiger partial charge in [-0.05, 0) is 48.7 Å². The quantitative estimate of drug-likeness (QED) is 0.298. The summed E-state index contributed by atoms with van der Waals surface area (Å²) >= 11 is 12.4. The second-order valence-corrected chi connectivity index (χ2v) is 8.87. The topological polar surface area (TPSA) is 48.0 Å². The molecule has 0 saturated carbocycles. The maximum absolute atomic E-state index is 13.7. The molecular weight excluding hydrogens is 485 g/mol. The Hall–Kier alpha value is -3.15. The van der Waals surface area contributed by atoms with Gasteiger partial charge in [0, 0.05) is 28.7 Å². The molecule has 0 bridgehead atoms. The fraction of sp³-hybridized carbons (Fsp3) is 0.250. The molecule has 5 nitrogen and oxygen atoms in total. The van der Waals surface area contributed by atoms with Gasteiger partial charge >= 0.3 is 0 Å². The minimum Gasteiger partial charge on any atom is -0.493 e. The van der Waals surface area contributed by atoms with Gasteiger partial charge in [0.1, 0.15) is 0 Å². The number of hydrogen-bond donors (Lipinski definition) is 0. The average Bonchev–Trinajstić information content (AvgIpc) is 2.86. The molecule has 0 spiro atoms. The van der Waals surface area contributed by atoms with Crippen LogP contribution in [0, 0.1) is 0 Å². The van der Waals surface area contributed by atoms with Crippen LogP contribution in [0.25, 0.3) is 6.08 Å². The molecule has 0 saturated heterocycles. The van der Waals surface area contributed by atoms with Gasteiger partial charge in [-0.15, -0.1) is 0 Å². The molecule has 0 aliphatic rings. The van der Waals surface area contributed by atoms with Crippen molar-refractivity contribution in [1.82, 2.24) is 4.90 Å². The summed E-state index contributed by atoms with van der Waals surface area (Å²) in [5.41, 5.74) is 3.47. The molecule has 0 aliphatic heterocycles. The zero-order valence-electron chi connectivity index (χ0n) is 20.3.